The van der Waals surface area contributed by atoms with Crippen LogP contribution < -0.4 is 0 Å². The fourth-order valence-electron chi connectivity index (χ4n) is 11.0. The third-order valence-electron chi connectivity index (χ3n) is 16.6. The lowest BCUT2D eigenvalue weighted by Gasteiger charge is -2.12. The van der Waals surface area contributed by atoms with Crippen molar-refractivity contribution in [3.8, 4) is 0 Å². The first-order chi connectivity index (χ1) is 49.1. The van der Waals surface area contributed by atoms with Gasteiger partial charge in [0.15, 0.2) is 0 Å². The number of fused-ring (bicyclic) bond motifs is 3. The van der Waals surface area contributed by atoms with E-state index in [2.05, 4.69) is 241 Å². The molecule has 0 unspecified atom stereocenters. The van der Waals surface area contributed by atoms with Crippen LogP contribution in [-0.4, -0.2) is 5.11 Å². The normalized spacial score (nSPS) is 10.3. The number of alkyl halides is 4. The summed E-state index contributed by atoms with van der Waals surface area (Å²) in [5, 5.41) is 24.3. The molecule has 1 nitrogen and oxygen atoms in total. The highest BCUT2D eigenvalue weighted by molar-refractivity contribution is 6.24. The molecule has 0 radical (unpaired) electrons. The summed E-state index contributed by atoms with van der Waals surface area (Å²) in [4.78, 5) is 0. The van der Waals surface area contributed by atoms with E-state index in [4.69, 9.17) is 16.7 Å². The molecule has 0 amide bonds. The summed E-state index contributed by atoms with van der Waals surface area (Å²) in [5.41, 5.74) is 13.7. The van der Waals surface area contributed by atoms with Gasteiger partial charge in [-0.05, 0) is 163 Å². The summed E-state index contributed by atoms with van der Waals surface area (Å²) in [7, 11) is 0. The van der Waals surface area contributed by atoms with Crippen LogP contribution in [0.2, 0.25) is 0 Å². The number of allylic oxidation sites excluding steroid dienone is 1. The van der Waals surface area contributed by atoms with Gasteiger partial charge >= 0.3 is 6.18 Å². The highest BCUT2D eigenvalue weighted by Gasteiger charge is 2.29. The lowest BCUT2D eigenvalue weighted by atomic mass is 9.92. The molecule has 5 heteroatoms. The molecular weight excluding hydrogens is 1260 g/mol. The van der Waals surface area contributed by atoms with Crippen molar-refractivity contribution in [3.63, 3.8) is 0 Å². The Hall–Kier alpha value is -11.9. The quantitative estimate of drug-likeness (QED) is 0.0777. The minimum atomic E-state index is -4.25. The van der Waals surface area contributed by atoms with Gasteiger partial charge in [-0.1, -0.05) is 386 Å². The molecule has 500 valence electrons. The molecule has 0 saturated heterocycles. The molecule has 0 heterocycles. The van der Waals surface area contributed by atoms with Gasteiger partial charge in [0.25, 0.3) is 0 Å². The van der Waals surface area contributed by atoms with Gasteiger partial charge in [0.1, 0.15) is 0 Å². The zero-order valence-electron chi connectivity index (χ0n) is 57.0. The minimum absolute atomic E-state index is 0.109. The smallest absolute Gasteiger partial charge is 0.392 e. The third kappa shape index (κ3) is 21.3. The summed E-state index contributed by atoms with van der Waals surface area (Å²) < 4.78 is 36.0. The third-order valence-corrected chi connectivity index (χ3v) is 16.9. The molecular formula is C96H82ClF3O. The van der Waals surface area contributed by atoms with E-state index in [9.17, 15) is 13.2 Å². The molecule has 0 aromatic heterocycles. The van der Waals surface area contributed by atoms with E-state index < -0.39 is 11.7 Å². The number of hydrogen-bond acceptors (Lipinski definition) is 1. The second-order valence-corrected chi connectivity index (χ2v) is 23.6. The second-order valence-electron chi connectivity index (χ2n) is 23.3. The molecule has 0 bridgehead atoms. The first-order valence-electron chi connectivity index (χ1n) is 33.0. The van der Waals surface area contributed by atoms with Crippen LogP contribution >= 0.6 is 11.6 Å². The van der Waals surface area contributed by atoms with Gasteiger partial charge in [0, 0.05) is 5.88 Å². The van der Waals surface area contributed by atoms with E-state index in [1.54, 1.807) is 6.08 Å². The molecule has 0 saturated carbocycles. The predicted molar refractivity (Wildman–Crippen MR) is 438 cm³/mol. The first kappa shape index (κ1) is 74.9. The summed E-state index contributed by atoms with van der Waals surface area (Å²) in [6.07, 6.45) is 6.60. The maximum Gasteiger partial charge on any atom is 0.416 e. The fraction of sp³-hybridized carbons (Fsp3) is 0.0417. The van der Waals surface area contributed by atoms with Crippen LogP contribution in [0.1, 0.15) is 73.7 Å². The average molecular weight is 1340 g/mol. The fourth-order valence-corrected chi connectivity index (χ4v) is 11.2. The van der Waals surface area contributed by atoms with E-state index in [1.165, 1.54) is 116 Å². The Morgan fingerprint density at radius 3 is 1.17 bits per heavy atom. The lowest BCUT2D eigenvalue weighted by molar-refractivity contribution is -0.137. The maximum absolute atomic E-state index is 12.0. The van der Waals surface area contributed by atoms with Crippen molar-refractivity contribution in [2.75, 3.05) is 0 Å². The molecule has 0 atom stereocenters. The van der Waals surface area contributed by atoms with Crippen LogP contribution in [-0.2, 0) is 18.7 Å². The highest BCUT2D eigenvalue weighted by atomic mass is 35.5. The van der Waals surface area contributed by atoms with Crippen molar-refractivity contribution in [2.24, 2.45) is 0 Å². The number of rotatable bonds is 11. The van der Waals surface area contributed by atoms with E-state index in [0.717, 1.165) is 45.5 Å². The topological polar surface area (TPSA) is 20.2 Å². The monoisotopic (exact) mass is 1340 g/mol. The van der Waals surface area contributed by atoms with Crippen molar-refractivity contribution in [1.29, 1.82) is 0 Å². The average Bonchev–Trinajstić information content (AvgIpc) is 0.757. The summed E-state index contributed by atoms with van der Waals surface area (Å²) in [6.45, 7) is 32.3. The Morgan fingerprint density at radius 1 is 0.347 bits per heavy atom. The van der Waals surface area contributed by atoms with Crippen LogP contribution in [0.25, 0.3) is 112 Å². The summed E-state index contributed by atoms with van der Waals surface area (Å²) in [6, 6.07) is 105. The van der Waals surface area contributed by atoms with E-state index >= 15 is 0 Å². The number of hydrogen-bond donors (Lipinski definition) is 1. The zero-order valence-corrected chi connectivity index (χ0v) is 57.8. The van der Waals surface area contributed by atoms with Gasteiger partial charge in [-0.25, -0.2) is 0 Å². The Kier molecular flexibility index (Phi) is 28.4. The molecule has 15 aromatic rings. The van der Waals surface area contributed by atoms with Gasteiger partial charge in [-0.2, -0.15) is 13.2 Å². The van der Waals surface area contributed by atoms with Gasteiger partial charge in [-0.3, -0.25) is 0 Å². The molecule has 0 aliphatic heterocycles. The SMILES string of the molecule is C=C(C)c1ccccc1.C=C(c1ccccc1)c1ccccc1.C=Cc1c2ccccc2cc2ccccc12.C=Cc1ccc(C(F)(F)F)cc1.C=Cc1ccc(CCl)cc1.C=Cc1ccc(CO)cc1.C=Cc1ccc2ccc3cccc4ccc1c2c34.C=Cc1ccc2ccccc2c1. The second kappa shape index (κ2) is 38.3. The van der Waals surface area contributed by atoms with Crippen molar-refractivity contribution in [1.82, 2.24) is 0 Å². The number of benzene rings is 15. The molecule has 0 aliphatic rings. The standard InChI is InChI=1S/C18H12.C16H12.C14H12.C12H10.C9H9Cl.C9H7F3.C9H10O.C9H10/c1-2-12-6-7-15-9-8-13-4-3-5-14-10-11-16(12)18(15)17(13)14;1-2-14-15-9-5-3-7-12(15)11-13-8-4-6-10-16(13)14;1-12(13-8-4-2-5-9-13)14-10-6-3-7-11-14;1-2-10-7-8-11-5-3-4-6-12(11)9-10;1-2-8-3-5-9(7-10)6-4-8;1-2-7-3-5-8(6-4-7)9(10,11)12;1-2-8-3-5-9(7-10)6-4-8;1-8(2)9-6-4-3-5-7-9/h2-11H,1H2;2-11H,1H2;2-11H,1H2;2-9H,1H2;2-6H,1,7H2;2-6H,1H2;2-6,10H,1,7H2;3-7H,1H2,2H3. The molecule has 0 aliphatic carbocycles. The molecule has 0 spiro atoms. The molecule has 101 heavy (non-hydrogen) atoms. The Morgan fingerprint density at radius 2 is 0.733 bits per heavy atom. The number of halogens is 4. The van der Waals surface area contributed by atoms with Gasteiger partial charge < -0.3 is 5.11 Å². The van der Waals surface area contributed by atoms with Gasteiger partial charge in [0.2, 0.25) is 0 Å². The van der Waals surface area contributed by atoms with Gasteiger partial charge in [0.05, 0.1) is 12.2 Å². The molecule has 0 fully saturated rings. The van der Waals surface area contributed by atoms with E-state index in [0.29, 0.717) is 11.4 Å². The molecule has 15 rings (SSSR count). The van der Waals surface area contributed by atoms with Crippen molar-refractivity contribution < 1.29 is 18.3 Å². The van der Waals surface area contributed by atoms with Gasteiger partial charge in [-0.15, -0.1) is 11.6 Å². The Bertz CT molecular complexity index is 5020. The largest absolute Gasteiger partial charge is 0.416 e. The molecule has 1 N–H and O–H groups in total. The number of aliphatic hydroxyl groups excluding tert-OH is 1. The van der Waals surface area contributed by atoms with Crippen molar-refractivity contribution in [2.45, 2.75) is 25.6 Å². The zero-order chi connectivity index (χ0) is 71.9. The Labute approximate surface area is 598 Å². The minimum Gasteiger partial charge on any atom is -0.392 e. The van der Waals surface area contributed by atoms with Crippen molar-refractivity contribution in [3.05, 3.63) is 435 Å². The highest BCUT2D eigenvalue weighted by Crippen LogP contribution is 2.37. The van der Waals surface area contributed by atoms with E-state index in [-0.39, 0.29) is 6.61 Å². The summed E-state index contributed by atoms with van der Waals surface area (Å²) >= 11 is 5.60. The van der Waals surface area contributed by atoms with Crippen LogP contribution in [0.4, 0.5) is 13.2 Å². The maximum atomic E-state index is 12.0. The van der Waals surface area contributed by atoms with Crippen molar-refractivity contribution >= 4 is 124 Å². The van der Waals surface area contributed by atoms with Crippen LogP contribution in [0.3, 0.4) is 0 Å². The van der Waals surface area contributed by atoms with Crippen LogP contribution in [0.5, 0.6) is 0 Å². The number of aliphatic hydroxyl groups is 1. The van der Waals surface area contributed by atoms with E-state index in [1.807, 2.05) is 134 Å². The predicted octanol–water partition coefficient (Wildman–Crippen LogP) is 28.1. The lowest BCUT2D eigenvalue weighted by Crippen LogP contribution is -2.03. The Balaban J connectivity index is 0.000000148. The van der Waals surface area contributed by atoms with Crippen LogP contribution in [0.15, 0.2) is 368 Å². The van der Waals surface area contributed by atoms with Crippen LogP contribution in [0, 0.1) is 0 Å². The first-order valence-corrected chi connectivity index (χ1v) is 33.5. The molecule has 15 aromatic carbocycles. The summed E-state index contributed by atoms with van der Waals surface area (Å²) in [5.74, 6) is 0.581.